The summed E-state index contributed by atoms with van der Waals surface area (Å²) in [6, 6.07) is 24.6. The summed E-state index contributed by atoms with van der Waals surface area (Å²) in [7, 11) is 1.94. The fraction of sp³-hybridized carbons (Fsp3) is 0.154. The standard InChI is InChI=1S/C26H23N5OS2/c1-17-24(19-10-4-3-5-11-19)28-25(34-17)27-23(32)16-33-26-30-29-22(31(26)2)15-20-13-8-12-18-9-6-7-14-21(18)20/h3-14H,15-16H2,1-2H3,(H,27,28,32). The second kappa shape index (κ2) is 9.79. The maximum Gasteiger partial charge on any atom is 0.236 e. The van der Waals surface area contributed by atoms with Gasteiger partial charge in [-0.25, -0.2) is 4.98 Å². The van der Waals surface area contributed by atoms with Gasteiger partial charge in [0.2, 0.25) is 5.91 Å². The lowest BCUT2D eigenvalue weighted by molar-refractivity contribution is -0.113. The molecule has 0 fully saturated rings. The molecule has 2 aromatic heterocycles. The average molecular weight is 486 g/mol. The third-order valence-electron chi connectivity index (χ3n) is 5.58. The van der Waals surface area contributed by atoms with Crippen LogP contribution in [0.15, 0.2) is 78.0 Å². The third kappa shape index (κ3) is 4.73. The number of hydrogen-bond acceptors (Lipinski definition) is 6. The summed E-state index contributed by atoms with van der Waals surface area (Å²) in [4.78, 5) is 18.3. The highest BCUT2D eigenvalue weighted by Crippen LogP contribution is 2.30. The second-order valence-corrected chi connectivity index (χ2v) is 10.0. The Morgan fingerprint density at radius 3 is 2.62 bits per heavy atom. The first-order valence-electron chi connectivity index (χ1n) is 10.9. The van der Waals surface area contributed by atoms with Gasteiger partial charge in [-0.15, -0.1) is 21.5 Å². The number of thioether (sulfide) groups is 1. The molecular weight excluding hydrogens is 462 g/mol. The molecule has 0 aliphatic carbocycles. The second-order valence-electron chi connectivity index (χ2n) is 7.90. The van der Waals surface area contributed by atoms with Gasteiger partial charge < -0.3 is 9.88 Å². The molecule has 0 radical (unpaired) electrons. The van der Waals surface area contributed by atoms with Crippen molar-refractivity contribution in [1.29, 1.82) is 0 Å². The monoisotopic (exact) mass is 485 g/mol. The molecule has 5 rings (SSSR count). The van der Waals surface area contributed by atoms with E-state index in [1.54, 1.807) is 0 Å². The van der Waals surface area contributed by atoms with Crippen LogP contribution in [0.4, 0.5) is 5.13 Å². The van der Waals surface area contributed by atoms with E-state index in [0.29, 0.717) is 16.7 Å². The summed E-state index contributed by atoms with van der Waals surface area (Å²) in [5, 5.41) is 15.4. The third-order valence-corrected chi connectivity index (χ3v) is 7.48. The molecule has 0 aliphatic rings. The summed E-state index contributed by atoms with van der Waals surface area (Å²) in [5.74, 6) is 0.985. The predicted molar refractivity (Wildman–Crippen MR) is 139 cm³/mol. The Hall–Kier alpha value is -3.49. The van der Waals surface area contributed by atoms with Gasteiger partial charge in [0.1, 0.15) is 5.82 Å². The fourth-order valence-electron chi connectivity index (χ4n) is 3.84. The minimum Gasteiger partial charge on any atom is -0.309 e. The van der Waals surface area contributed by atoms with E-state index in [0.717, 1.165) is 22.0 Å². The lowest BCUT2D eigenvalue weighted by Crippen LogP contribution is -2.14. The first-order valence-corrected chi connectivity index (χ1v) is 12.7. The number of rotatable bonds is 7. The Kier molecular flexibility index (Phi) is 6.42. The van der Waals surface area contributed by atoms with Gasteiger partial charge in [-0.2, -0.15) is 0 Å². The lowest BCUT2D eigenvalue weighted by Gasteiger charge is -2.07. The molecule has 6 nitrogen and oxygen atoms in total. The van der Waals surface area contributed by atoms with Crippen molar-refractivity contribution in [2.24, 2.45) is 7.05 Å². The van der Waals surface area contributed by atoms with Crippen LogP contribution in [-0.4, -0.2) is 31.4 Å². The average Bonchev–Trinajstić information content (AvgIpc) is 3.40. The molecule has 5 aromatic rings. The molecule has 170 valence electrons. The number of nitrogens with zero attached hydrogens (tertiary/aromatic N) is 4. The number of aromatic nitrogens is 4. The zero-order valence-electron chi connectivity index (χ0n) is 18.9. The van der Waals surface area contributed by atoms with Crippen molar-refractivity contribution in [3.8, 4) is 11.3 Å². The van der Waals surface area contributed by atoms with Crippen molar-refractivity contribution in [2.75, 3.05) is 11.1 Å². The van der Waals surface area contributed by atoms with E-state index in [1.165, 1.54) is 39.4 Å². The zero-order valence-corrected chi connectivity index (χ0v) is 20.5. The van der Waals surface area contributed by atoms with Crippen LogP contribution < -0.4 is 5.32 Å². The van der Waals surface area contributed by atoms with Crippen LogP contribution in [0.3, 0.4) is 0 Å². The molecule has 3 aromatic carbocycles. The van der Waals surface area contributed by atoms with Crippen LogP contribution in [0.2, 0.25) is 0 Å². The van der Waals surface area contributed by atoms with E-state index < -0.39 is 0 Å². The van der Waals surface area contributed by atoms with Crippen molar-refractivity contribution in [1.82, 2.24) is 19.7 Å². The van der Waals surface area contributed by atoms with E-state index in [4.69, 9.17) is 0 Å². The largest absolute Gasteiger partial charge is 0.309 e. The highest BCUT2D eigenvalue weighted by Gasteiger charge is 2.15. The van der Waals surface area contributed by atoms with Crippen molar-refractivity contribution in [3.63, 3.8) is 0 Å². The van der Waals surface area contributed by atoms with E-state index in [1.807, 2.05) is 54.9 Å². The van der Waals surface area contributed by atoms with Gasteiger partial charge >= 0.3 is 0 Å². The Labute approximate surface area is 206 Å². The number of anilines is 1. The van der Waals surface area contributed by atoms with Crippen molar-refractivity contribution < 1.29 is 4.79 Å². The molecule has 0 saturated heterocycles. The van der Waals surface area contributed by atoms with E-state index in [-0.39, 0.29) is 11.7 Å². The SMILES string of the molecule is Cc1sc(NC(=O)CSc2nnc(Cc3cccc4ccccc34)n2C)nc1-c1ccccc1. The molecule has 34 heavy (non-hydrogen) atoms. The van der Waals surface area contributed by atoms with Gasteiger partial charge in [-0.1, -0.05) is 84.6 Å². The van der Waals surface area contributed by atoms with Crippen molar-refractivity contribution >= 4 is 44.9 Å². The molecule has 2 heterocycles. The number of nitrogens with one attached hydrogen (secondary N) is 1. The Morgan fingerprint density at radius 1 is 1.00 bits per heavy atom. The summed E-state index contributed by atoms with van der Waals surface area (Å²) in [6.07, 6.45) is 0.679. The Balaban J connectivity index is 1.23. The number of carbonyl (C=O) groups excluding carboxylic acids is 1. The normalized spacial score (nSPS) is 11.1. The topological polar surface area (TPSA) is 72.7 Å². The minimum atomic E-state index is -0.114. The van der Waals surface area contributed by atoms with E-state index >= 15 is 0 Å². The number of carbonyl (C=O) groups is 1. The van der Waals surface area contributed by atoms with E-state index in [9.17, 15) is 4.79 Å². The molecule has 0 bridgehead atoms. The quantitative estimate of drug-likeness (QED) is 0.298. The van der Waals surface area contributed by atoms with Crippen LogP contribution >= 0.6 is 23.1 Å². The summed E-state index contributed by atoms with van der Waals surface area (Å²) >= 11 is 2.85. The molecular formula is C26H23N5OS2. The highest BCUT2D eigenvalue weighted by atomic mass is 32.2. The Bertz CT molecular complexity index is 1450. The maximum absolute atomic E-state index is 12.6. The summed E-state index contributed by atoms with van der Waals surface area (Å²) in [6.45, 7) is 2.02. The molecule has 0 saturated carbocycles. The Morgan fingerprint density at radius 2 is 1.76 bits per heavy atom. The minimum absolute atomic E-state index is 0.114. The lowest BCUT2D eigenvalue weighted by atomic mass is 10.0. The first kappa shape index (κ1) is 22.3. The number of hydrogen-bond donors (Lipinski definition) is 1. The molecule has 0 unspecified atom stereocenters. The van der Waals surface area contributed by atoms with Crippen LogP contribution in [-0.2, 0) is 18.3 Å². The van der Waals surface area contributed by atoms with Crippen LogP contribution in [0, 0.1) is 6.92 Å². The summed E-state index contributed by atoms with van der Waals surface area (Å²) in [5.41, 5.74) is 3.15. The van der Waals surface area contributed by atoms with Crippen LogP contribution in [0.1, 0.15) is 16.3 Å². The van der Waals surface area contributed by atoms with Crippen molar-refractivity contribution in [3.05, 3.63) is 89.1 Å². The van der Waals surface area contributed by atoms with Gasteiger partial charge in [0.15, 0.2) is 10.3 Å². The molecule has 1 amide bonds. The first-order chi connectivity index (χ1) is 16.6. The van der Waals surface area contributed by atoms with Crippen molar-refractivity contribution in [2.45, 2.75) is 18.5 Å². The van der Waals surface area contributed by atoms with Gasteiger partial charge in [-0.05, 0) is 23.3 Å². The number of aryl methyl sites for hydroxylation is 1. The molecule has 0 spiro atoms. The van der Waals surface area contributed by atoms with Crippen LogP contribution in [0.5, 0.6) is 0 Å². The zero-order chi connectivity index (χ0) is 23.5. The number of benzene rings is 3. The predicted octanol–water partition coefficient (Wildman–Crippen LogP) is 5.72. The van der Waals surface area contributed by atoms with Gasteiger partial charge in [0.05, 0.1) is 11.4 Å². The molecule has 8 heteroatoms. The fourth-order valence-corrected chi connectivity index (χ4v) is 5.42. The van der Waals surface area contributed by atoms with Gasteiger partial charge in [0, 0.05) is 23.9 Å². The van der Waals surface area contributed by atoms with Crippen LogP contribution in [0.25, 0.3) is 22.0 Å². The highest BCUT2D eigenvalue weighted by molar-refractivity contribution is 7.99. The molecule has 0 aliphatic heterocycles. The van der Waals surface area contributed by atoms with E-state index in [2.05, 4.69) is 56.9 Å². The smallest absolute Gasteiger partial charge is 0.236 e. The van der Waals surface area contributed by atoms with Gasteiger partial charge in [-0.3, -0.25) is 4.79 Å². The van der Waals surface area contributed by atoms with Gasteiger partial charge in [0.25, 0.3) is 0 Å². The molecule has 1 N–H and O–H groups in total. The maximum atomic E-state index is 12.6. The summed E-state index contributed by atoms with van der Waals surface area (Å²) < 4.78 is 1.96. The number of thiazole rings is 1. The number of fused-ring (bicyclic) bond motifs is 1. The number of amides is 1. The molecule has 0 atom stereocenters.